The van der Waals surface area contributed by atoms with Crippen LogP contribution in [0.4, 0.5) is 13.2 Å². The second-order valence-electron chi connectivity index (χ2n) is 7.42. The summed E-state index contributed by atoms with van der Waals surface area (Å²) in [5.74, 6) is -0.888. The predicted octanol–water partition coefficient (Wildman–Crippen LogP) is 2.15. The highest BCUT2D eigenvalue weighted by molar-refractivity contribution is 7.92. The summed E-state index contributed by atoms with van der Waals surface area (Å²) in [5, 5.41) is 0. The molecule has 1 aliphatic rings. The van der Waals surface area contributed by atoms with Gasteiger partial charge in [0, 0.05) is 39.3 Å². The monoisotopic (exact) mass is 450 g/mol. The normalized spacial score (nSPS) is 16.0. The maximum absolute atomic E-state index is 12.3. The van der Waals surface area contributed by atoms with E-state index in [4.69, 9.17) is 0 Å². The lowest BCUT2D eigenvalue weighted by atomic mass is 10.1. The van der Waals surface area contributed by atoms with Gasteiger partial charge in [0.15, 0.2) is 9.84 Å². The molecule has 0 aliphatic carbocycles. The number of hydrogen-bond donors (Lipinski definition) is 0. The van der Waals surface area contributed by atoms with Crippen molar-refractivity contribution in [3.8, 4) is 0 Å². The fourth-order valence-electron chi connectivity index (χ4n) is 3.29. The third-order valence-corrected chi connectivity index (χ3v) is 6.46. The quantitative estimate of drug-likeness (QED) is 0.484. The SMILES string of the molecule is O=C(CS(=O)(=O)CCCc1ccccc1)N1CCN(CCCOCC(F)(F)F)CC1. The van der Waals surface area contributed by atoms with Crippen molar-refractivity contribution in [2.75, 3.05) is 57.4 Å². The van der Waals surface area contributed by atoms with Crippen molar-refractivity contribution in [2.24, 2.45) is 0 Å². The molecular weight excluding hydrogens is 421 g/mol. The molecule has 0 atom stereocenters. The van der Waals surface area contributed by atoms with E-state index >= 15 is 0 Å². The maximum atomic E-state index is 12.3. The van der Waals surface area contributed by atoms with Gasteiger partial charge >= 0.3 is 6.18 Å². The van der Waals surface area contributed by atoms with E-state index in [0.29, 0.717) is 52.0 Å². The van der Waals surface area contributed by atoms with Crippen molar-refractivity contribution in [3.05, 3.63) is 35.9 Å². The summed E-state index contributed by atoms with van der Waals surface area (Å²) in [6.45, 7) is 1.34. The summed E-state index contributed by atoms with van der Waals surface area (Å²) in [6, 6.07) is 9.60. The average Bonchev–Trinajstić information content (AvgIpc) is 2.67. The van der Waals surface area contributed by atoms with Crippen molar-refractivity contribution < 1.29 is 31.1 Å². The van der Waals surface area contributed by atoms with Crippen molar-refractivity contribution in [2.45, 2.75) is 25.4 Å². The molecule has 170 valence electrons. The number of amides is 1. The van der Waals surface area contributed by atoms with Gasteiger partial charge in [-0.1, -0.05) is 30.3 Å². The van der Waals surface area contributed by atoms with Crippen LogP contribution in [0.5, 0.6) is 0 Å². The van der Waals surface area contributed by atoms with Crippen molar-refractivity contribution in [1.29, 1.82) is 0 Å². The zero-order valence-electron chi connectivity index (χ0n) is 16.9. The lowest BCUT2D eigenvalue weighted by molar-refractivity contribution is -0.174. The number of ether oxygens (including phenoxy) is 1. The summed E-state index contributed by atoms with van der Waals surface area (Å²) >= 11 is 0. The highest BCUT2D eigenvalue weighted by Gasteiger charge is 2.27. The van der Waals surface area contributed by atoms with Crippen LogP contribution >= 0.6 is 0 Å². The maximum Gasteiger partial charge on any atom is 0.411 e. The van der Waals surface area contributed by atoms with Crippen LogP contribution in [0.25, 0.3) is 0 Å². The van der Waals surface area contributed by atoms with Gasteiger partial charge in [0.05, 0.1) is 5.75 Å². The van der Waals surface area contributed by atoms with Gasteiger partial charge in [-0.15, -0.1) is 0 Å². The minimum Gasteiger partial charge on any atom is -0.372 e. The standard InChI is InChI=1S/C20H29F3N2O4S/c21-20(22,23)17-29-14-5-9-24-10-12-25(13-11-24)19(26)16-30(27,28)15-4-8-18-6-2-1-3-7-18/h1-3,6-7H,4-5,8-17H2. The highest BCUT2D eigenvalue weighted by Crippen LogP contribution is 2.14. The molecule has 1 fully saturated rings. The van der Waals surface area contributed by atoms with Gasteiger partial charge in [0.1, 0.15) is 12.4 Å². The van der Waals surface area contributed by atoms with Crippen LogP contribution in [0.1, 0.15) is 18.4 Å². The number of alkyl halides is 3. The van der Waals surface area contributed by atoms with Gasteiger partial charge in [-0.25, -0.2) is 8.42 Å². The molecule has 1 aromatic rings. The van der Waals surface area contributed by atoms with Crippen LogP contribution in [-0.4, -0.2) is 87.7 Å². The van der Waals surface area contributed by atoms with Crippen LogP contribution in [0.3, 0.4) is 0 Å². The molecule has 0 saturated carbocycles. The number of piperazine rings is 1. The fraction of sp³-hybridized carbons (Fsp3) is 0.650. The molecule has 0 radical (unpaired) electrons. The van der Waals surface area contributed by atoms with E-state index in [2.05, 4.69) is 4.74 Å². The van der Waals surface area contributed by atoms with Crippen LogP contribution in [0.15, 0.2) is 30.3 Å². The van der Waals surface area contributed by atoms with Crippen molar-refractivity contribution in [3.63, 3.8) is 0 Å². The number of halogens is 3. The highest BCUT2D eigenvalue weighted by atomic mass is 32.2. The molecule has 1 aliphatic heterocycles. The topological polar surface area (TPSA) is 66.9 Å². The first-order valence-electron chi connectivity index (χ1n) is 10.0. The molecule has 0 aromatic heterocycles. The number of sulfone groups is 1. The van der Waals surface area contributed by atoms with E-state index in [1.54, 1.807) is 4.90 Å². The Labute approximate surface area is 175 Å². The first-order chi connectivity index (χ1) is 14.1. The molecule has 0 N–H and O–H groups in total. The van der Waals surface area contributed by atoms with E-state index in [0.717, 1.165) is 5.56 Å². The Morgan fingerprint density at radius 1 is 1.03 bits per heavy atom. The largest absolute Gasteiger partial charge is 0.411 e. The van der Waals surface area contributed by atoms with E-state index in [1.807, 2.05) is 35.2 Å². The number of nitrogens with zero attached hydrogens (tertiary/aromatic N) is 2. The minimum absolute atomic E-state index is 0.0223. The second kappa shape index (κ2) is 11.7. The van der Waals surface area contributed by atoms with Crippen LogP contribution in [0.2, 0.25) is 0 Å². The molecule has 6 nitrogen and oxygen atoms in total. The van der Waals surface area contributed by atoms with E-state index in [9.17, 15) is 26.4 Å². The molecule has 2 rings (SSSR count). The van der Waals surface area contributed by atoms with Gasteiger partial charge in [-0.05, 0) is 24.8 Å². The lowest BCUT2D eigenvalue weighted by Crippen LogP contribution is -2.50. The van der Waals surface area contributed by atoms with Crippen LogP contribution < -0.4 is 0 Å². The summed E-state index contributed by atoms with van der Waals surface area (Å²) in [7, 11) is -3.46. The van der Waals surface area contributed by atoms with Gasteiger partial charge in [-0.3, -0.25) is 9.69 Å². The fourth-order valence-corrected chi connectivity index (χ4v) is 4.58. The lowest BCUT2D eigenvalue weighted by Gasteiger charge is -2.34. The molecule has 10 heteroatoms. The van der Waals surface area contributed by atoms with Crippen LogP contribution in [-0.2, 0) is 25.8 Å². The first-order valence-corrected chi connectivity index (χ1v) is 11.9. The minimum atomic E-state index is -4.31. The number of hydrogen-bond acceptors (Lipinski definition) is 5. The molecular formula is C20H29F3N2O4S. The summed E-state index contributed by atoms with van der Waals surface area (Å²) in [4.78, 5) is 15.9. The number of rotatable bonds is 11. The van der Waals surface area contributed by atoms with Crippen molar-refractivity contribution >= 4 is 15.7 Å². The summed E-state index contributed by atoms with van der Waals surface area (Å²) < 4.78 is 65.1. The third kappa shape index (κ3) is 9.90. The Morgan fingerprint density at radius 3 is 2.33 bits per heavy atom. The third-order valence-electron chi connectivity index (χ3n) is 4.86. The Bertz CT molecular complexity index is 749. The second-order valence-corrected chi connectivity index (χ2v) is 9.61. The van der Waals surface area contributed by atoms with E-state index in [-0.39, 0.29) is 18.3 Å². The Balaban J connectivity index is 1.62. The molecule has 1 aromatic carbocycles. The van der Waals surface area contributed by atoms with Gasteiger partial charge in [0.25, 0.3) is 0 Å². The van der Waals surface area contributed by atoms with Crippen molar-refractivity contribution in [1.82, 2.24) is 9.80 Å². The van der Waals surface area contributed by atoms with Gasteiger partial charge in [-0.2, -0.15) is 13.2 Å². The number of carbonyl (C=O) groups excluding carboxylic acids is 1. The summed E-state index contributed by atoms with van der Waals surface area (Å²) in [5.41, 5.74) is 1.07. The van der Waals surface area contributed by atoms with E-state index < -0.39 is 28.4 Å². The predicted molar refractivity (Wildman–Crippen MR) is 108 cm³/mol. The number of carbonyl (C=O) groups is 1. The Hall–Kier alpha value is -1.65. The summed E-state index contributed by atoms with van der Waals surface area (Å²) in [6.07, 6.45) is -2.71. The zero-order chi connectivity index (χ0) is 22.0. The van der Waals surface area contributed by atoms with Gasteiger partial charge in [0.2, 0.25) is 5.91 Å². The molecule has 30 heavy (non-hydrogen) atoms. The molecule has 1 amide bonds. The zero-order valence-corrected chi connectivity index (χ0v) is 17.8. The molecule has 0 spiro atoms. The molecule has 1 heterocycles. The first kappa shape index (κ1) is 24.6. The Morgan fingerprint density at radius 2 is 1.70 bits per heavy atom. The van der Waals surface area contributed by atoms with Crippen LogP contribution in [0, 0.1) is 0 Å². The average molecular weight is 451 g/mol. The Kier molecular flexibility index (Phi) is 9.57. The molecule has 0 unspecified atom stereocenters. The van der Waals surface area contributed by atoms with E-state index in [1.165, 1.54) is 0 Å². The molecule has 0 bridgehead atoms. The molecule has 1 saturated heterocycles. The number of benzene rings is 1. The smallest absolute Gasteiger partial charge is 0.372 e. The number of aryl methyl sites for hydroxylation is 1. The van der Waals surface area contributed by atoms with Gasteiger partial charge < -0.3 is 9.64 Å².